The van der Waals surface area contributed by atoms with Crippen LogP contribution in [0.4, 0.5) is 11.4 Å². The number of rotatable bonds is 6. The molecule has 0 aliphatic rings. The van der Waals surface area contributed by atoms with Crippen LogP contribution in [0.15, 0.2) is 72.8 Å². The van der Waals surface area contributed by atoms with Crippen LogP contribution in [-0.2, 0) is 16.8 Å². The molecule has 0 spiro atoms. The van der Waals surface area contributed by atoms with Gasteiger partial charge >= 0.3 is 5.97 Å². The Hall–Kier alpha value is -4.00. The summed E-state index contributed by atoms with van der Waals surface area (Å²) < 4.78 is 5.25. The average molecular weight is 432 g/mol. The highest BCUT2D eigenvalue weighted by Crippen LogP contribution is 2.22. The van der Waals surface area contributed by atoms with E-state index in [-0.39, 0.29) is 23.6 Å². The number of benzene rings is 3. The Labute approximate surface area is 186 Å². The second-order valence-corrected chi connectivity index (χ2v) is 8.36. The second-order valence-electron chi connectivity index (χ2n) is 8.36. The molecular formula is C25H24N2O5. The predicted octanol–water partition coefficient (Wildman–Crippen LogP) is 5.50. The maximum Gasteiger partial charge on any atom is 0.338 e. The van der Waals surface area contributed by atoms with Crippen LogP contribution >= 0.6 is 0 Å². The van der Waals surface area contributed by atoms with Crippen molar-refractivity contribution >= 4 is 23.3 Å². The van der Waals surface area contributed by atoms with Gasteiger partial charge in [-0.2, -0.15) is 0 Å². The van der Waals surface area contributed by atoms with Gasteiger partial charge in [-0.05, 0) is 65.1 Å². The van der Waals surface area contributed by atoms with E-state index in [1.54, 1.807) is 36.4 Å². The maximum absolute atomic E-state index is 12.5. The van der Waals surface area contributed by atoms with Gasteiger partial charge in [0.15, 0.2) is 0 Å². The lowest BCUT2D eigenvalue weighted by atomic mass is 9.87. The Bertz CT molecular complexity index is 1110. The maximum atomic E-state index is 12.5. The van der Waals surface area contributed by atoms with Gasteiger partial charge in [-0.15, -0.1) is 0 Å². The van der Waals surface area contributed by atoms with Gasteiger partial charge in [0.25, 0.3) is 11.6 Å². The minimum Gasteiger partial charge on any atom is -0.457 e. The zero-order valence-corrected chi connectivity index (χ0v) is 18.1. The number of non-ortho nitro benzene ring substituents is 1. The molecule has 0 unspecified atom stereocenters. The standard InChI is InChI=1S/C25H24N2O5/c1-25(2,3)20-10-6-18(7-11-20)23(28)26-21-12-8-19(9-13-21)24(29)32-16-17-4-14-22(15-5-17)27(30)31/h4-15H,16H2,1-3H3,(H,26,28). The summed E-state index contributed by atoms with van der Waals surface area (Å²) in [5.74, 6) is -0.766. The molecule has 7 heteroatoms. The van der Waals surface area contributed by atoms with E-state index >= 15 is 0 Å². The zero-order valence-electron chi connectivity index (χ0n) is 18.1. The number of nitro benzene ring substituents is 1. The van der Waals surface area contributed by atoms with Crippen molar-refractivity contribution < 1.29 is 19.2 Å². The van der Waals surface area contributed by atoms with Crippen LogP contribution in [0.1, 0.15) is 52.6 Å². The number of anilines is 1. The molecule has 0 aliphatic heterocycles. The third kappa shape index (κ3) is 5.78. The normalized spacial score (nSPS) is 11.0. The van der Waals surface area contributed by atoms with Crippen LogP contribution < -0.4 is 5.32 Å². The minimum atomic E-state index is -0.529. The summed E-state index contributed by atoms with van der Waals surface area (Å²) in [7, 11) is 0. The molecule has 0 heterocycles. The minimum absolute atomic E-state index is 0.000123. The SMILES string of the molecule is CC(C)(C)c1ccc(C(=O)Nc2ccc(C(=O)OCc3ccc([N+](=O)[O-])cc3)cc2)cc1. The van der Waals surface area contributed by atoms with Crippen molar-refractivity contribution in [3.8, 4) is 0 Å². The predicted molar refractivity (Wildman–Crippen MR) is 122 cm³/mol. The van der Waals surface area contributed by atoms with Crippen molar-refractivity contribution in [2.24, 2.45) is 0 Å². The highest BCUT2D eigenvalue weighted by Gasteiger charge is 2.15. The lowest BCUT2D eigenvalue weighted by Crippen LogP contribution is -2.14. The third-order valence-electron chi connectivity index (χ3n) is 4.91. The van der Waals surface area contributed by atoms with Crippen molar-refractivity contribution in [3.05, 3.63) is 105 Å². The molecule has 0 fully saturated rings. The van der Waals surface area contributed by atoms with Gasteiger partial charge in [-0.1, -0.05) is 32.9 Å². The number of esters is 1. The van der Waals surface area contributed by atoms with Gasteiger partial charge < -0.3 is 10.1 Å². The van der Waals surface area contributed by atoms with Gasteiger partial charge in [0.1, 0.15) is 6.61 Å². The van der Waals surface area contributed by atoms with Crippen LogP contribution in [0, 0.1) is 10.1 Å². The quantitative estimate of drug-likeness (QED) is 0.315. The van der Waals surface area contributed by atoms with Crippen LogP contribution in [0.3, 0.4) is 0 Å². The Morgan fingerprint density at radius 1 is 0.875 bits per heavy atom. The highest BCUT2D eigenvalue weighted by atomic mass is 16.6. The molecule has 0 aromatic heterocycles. The lowest BCUT2D eigenvalue weighted by molar-refractivity contribution is -0.384. The van der Waals surface area contributed by atoms with Crippen molar-refractivity contribution in [2.75, 3.05) is 5.32 Å². The number of amides is 1. The van der Waals surface area contributed by atoms with E-state index in [1.807, 2.05) is 12.1 Å². The third-order valence-corrected chi connectivity index (χ3v) is 4.91. The van der Waals surface area contributed by atoms with Gasteiger partial charge in [0.2, 0.25) is 0 Å². The molecule has 3 aromatic rings. The molecule has 7 nitrogen and oxygen atoms in total. The number of carbonyl (C=O) groups is 2. The Morgan fingerprint density at radius 2 is 1.44 bits per heavy atom. The molecule has 0 radical (unpaired) electrons. The van der Waals surface area contributed by atoms with Crippen molar-refractivity contribution in [1.82, 2.24) is 0 Å². The lowest BCUT2D eigenvalue weighted by Gasteiger charge is -2.19. The number of ether oxygens (including phenoxy) is 1. The molecular weight excluding hydrogens is 408 g/mol. The topological polar surface area (TPSA) is 98.5 Å². The molecule has 0 atom stereocenters. The van der Waals surface area contributed by atoms with Crippen molar-refractivity contribution in [1.29, 1.82) is 0 Å². The summed E-state index contributed by atoms with van der Waals surface area (Å²) >= 11 is 0. The summed E-state index contributed by atoms with van der Waals surface area (Å²) in [6, 6.07) is 19.7. The molecule has 3 aromatic carbocycles. The van der Waals surface area contributed by atoms with E-state index in [0.29, 0.717) is 22.4 Å². The van der Waals surface area contributed by atoms with Gasteiger partial charge in [-0.25, -0.2) is 4.79 Å². The van der Waals surface area contributed by atoms with E-state index in [1.165, 1.54) is 24.3 Å². The number of carbonyl (C=O) groups excluding carboxylic acids is 2. The molecule has 32 heavy (non-hydrogen) atoms. The number of nitrogens with one attached hydrogen (secondary N) is 1. The zero-order chi connectivity index (χ0) is 23.3. The molecule has 0 aliphatic carbocycles. The van der Waals surface area contributed by atoms with Gasteiger partial charge in [0.05, 0.1) is 10.5 Å². The van der Waals surface area contributed by atoms with Gasteiger partial charge in [0, 0.05) is 23.4 Å². The van der Waals surface area contributed by atoms with Crippen LogP contribution in [0.25, 0.3) is 0 Å². The molecule has 1 amide bonds. The van der Waals surface area contributed by atoms with Crippen molar-refractivity contribution in [2.45, 2.75) is 32.8 Å². The Kier molecular flexibility index (Phi) is 6.68. The highest BCUT2D eigenvalue weighted by molar-refractivity contribution is 6.04. The Balaban J connectivity index is 1.56. The number of nitrogens with zero attached hydrogens (tertiary/aromatic N) is 1. The molecule has 164 valence electrons. The molecule has 1 N–H and O–H groups in total. The Morgan fingerprint density at radius 3 is 1.97 bits per heavy atom. The first kappa shape index (κ1) is 22.7. The summed E-state index contributed by atoms with van der Waals surface area (Å²) in [4.78, 5) is 34.9. The van der Waals surface area contributed by atoms with Crippen LogP contribution in [-0.4, -0.2) is 16.8 Å². The molecule has 3 rings (SSSR count). The molecule has 0 bridgehead atoms. The fraction of sp³-hybridized carbons (Fsp3) is 0.200. The fourth-order valence-electron chi connectivity index (χ4n) is 2.96. The number of hydrogen-bond donors (Lipinski definition) is 1. The van der Waals surface area contributed by atoms with Gasteiger partial charge in [-0.3, -0.25) is 14.9 Å². The summed E-state index contributed by atoms with van der Waals surface area (Å²) in [6.45, 7) is 6.33. The summed E-state index contributed by atoms with van der Waals surface area (Å²) in [6.07, 6.45) is 0. The van der Waals surface area contributed by atoms with Crippen molar-refractivity contribution in [3.63, 3.8) is 0 Å². The molecule has 0 saturated carbocycles. The largest absolute Gasteiger partial charge is 0.457 e. The molecule has 0 saturated heterocycles. The van der Waals surface area contributed by atoms with Crippen LogP contribution in [0.5, 0.6) is 0 Å². The monoisotopic (exact) mass is 432 g/mol. The number of nitro groups is 1. The van der Waals surface area contributed by atoms with Crippen LogP contribution in [0.2, 0.25) is 0 Å². The first-order valence-electron chi connectivity index (χ1n) is 10.1. The smallest absolute Gasteiger partial charge is 0.338 e. The summed E-state index contributed by atoms with van der Waals surface area (Å²) in [5, 5.41) is 13.5. The van der Waals surface area contributed by atoms with E-state index in [2.05, 4.69) is 26.1 Å². The first-order chi connectivity index (χ1) is 15.1. The number of hydrogen-bond acceptors (Lipinski definition) is 5. The van der Waals surface area contributed by atoms with E-state index in [0.717, 1.165) is 5.56 Å². The van der Waals surface area contributed by atoms with E-state index < -0.39 is 10.9 Å². The fourth-order valence-corrected chi connectivity index (χ4v) is 2.96. The van der Waals surface area contributed by atoms with E-state index in [4.69, 9.17) is 4.74 Å². The summed E-state index contributed by atoms with van der Waals surface area (Å²) in [5.41, 5.74) is 3.21. The van der Waals surface area contributed by atoms with E-state index in [9.17, 15) is 19.7 Å². The average Bonchev–Trinajstić information content (AvgIpc) is 2.77. The first-order valence-corrected chi connectivity index (χ1v) is 10.1. The second kappa shape index (κ2) is 9.43.